The Balaban J connectivity index is 2.15. The largest absolute Gasteiger partial charge is 0.481 e. The molecular weight excluding hydrogens is 214 g/mol. The lowest BCUT2D eigenvalue weighted by atomic mass is 9.67. The molecule has 0 spiro atoms. The molecule has 0 amide bonds. The molecule has 0 aromatic heterocycles. The quantitative estimate of drug-likeness (QED) is 0.819. The Labute approximate surface area is 102 Å². The lowest BCUT2D eigenvalue weighted by Crippen LogP contribution is -2.41. The fourth-order valence-electron chi connectivity index (χ4n) is 2.71. The monoisotopic (exact) mass is 233 g/mol. The summed E-state index contributed by atoms with van der Waals surface area (Å²) in [6.45, 7) is 2.13. The zero-order valence-corrected chi connectivity index (χ0v) is 10.1. The predicted octanol–water partition coefficient (Wildman–Crippen LogP) is 2.16. The molecule has 3 N–H and O–H groups in total. The highest BCUT2D eigenvalue weighted by molar-refractivity contribution is 5.75. The van der Waals surface area contributed by atoms with Gasteiger partial charge in [-0.2, -0.15) is 0 Å². The fraction of sp³-hybridized carbons (Fsp3) is 0.500. The van der Waals surface area contributed by atoms with Gasteiger partial charge in [0.15, 0.2) is 0 Å². The maximum Gasteiger partial charge on any atom is 0.310 e. The average molecular weight is 233 g/mol. The van der Waals surface area contributed by atoms with Crippen molar-refractivity contribution in [2.75, 3.05) is 6.54 Å². The smallest absolute Gasteiger partial charge is 0.310 e. The first-order chi connectivity index (χ1) is 8.13. The van der Waals surface area contributed by atoms with Gasteiger partial charge >= 0.3 is 5.97 Å². The maximum atomic E-state index is 11.4. The van der Waals surface area contributed by atoms with E-state index in [-0.39, 0.29) is 6.54 Å². The number of carbonyl (C=O) groups is 1. The van der Waals surface area contributed by atoms with E-state index >= 15 is 0 Å². The second-order valence-corrected chi connectivity index (χ2v) is 4.95. The van der Waals surface area contributed by atoms with E-state index in [0.29, 0.717) is 18.8 Å². The molecular formula is C14H19NO2. The first kappa shape index (κ1) is 12.1. The molecule has 0 bridgehead atoms. The summed E-state index contributed by atoms with van der Waals surface area (Å²) < 4.78 is 0. The number of fused-ring (bicyclic) bond motifs is 1. The third-order valence-corrected chi connectivity index (χ3v) is 4.12. The molecule has 2 atom stereocenters. The highest BCUT2D eigenvalue weighted by Crippen LogP contribution is 2.43. The van der Waals surface area contributed by atoms with Crippen molar-refractivity contribution in [3.63, 3.8) is 0 Å². The van der Waals surface area contributed by atoms with Gasteiger partial charge in [0.1, 0.15) is 0 Å². The number of rotatable bonds is 5. The summed E-state index contributed by atoms with van der Waals surface area (Å²) in [6.07, 6.45) is 2.25. The summed E-state index contributed by atoms with van der Waals surface area (Å²) in [5, 5.41) is 9.36. The zero-order chi connectivity index (χ0) is 12.5. The predicted molar refractivity (Wildman–Crippen MR) is 66.9 cm³/mol. The van der Waals surface area contributed by atoms with Gasteiger partial charge in [0.25, 0.3) is 0 Å². The van der Waals surface area contributed by atoms with Crippen LogP contribution in [0.25, 0.3) is 0 Å². The molecule has 0 heterocycles. The van der Waals surface area contributed by atoms with E-state index in [2.05, 4.69) is 12.1 Å². The maximum absolute atomic E-state index is 11.4. The molecule has 0 fully saturated rings. The molecule has 3 heteroatoms. The third kappa shape index (κ3) is 1.95. The van der Waals surface area contributed by atoms with Gasteiger partial charge in [0.2, 0.25) is 0 Å². The lowest BCUT2D eigenvalue weighted by Gasteiger charge is -2.37. The van der Waals surface area contributed by atoms with E-state index in [0.717, 1.165) is 6.42 Å². The summed E-state index contributed by atoms with van der Waals surface area (Å²) in [7, 11) is 0. The summed E-state index contributed by atoms with van der Waals surface area (Å²) in [5.74, 6) is -0.391. The second-order valence-electron chi connectivity index (χ2n) is 4.95. The Hall–Kier alpha value is -1.35. The van der Waals surface area contributed by atoms with Crippen molar-refractivity contribution in [1.82, 2.24) is 0 Å². The fourth-order valence-corrected chi connectivity index (χ4v) is 2.71. The second kappa shape index (κ2) is 4.49. The molecule has 1 aliphatic carbocycles. The van der Waals surface area contributed by atoms with Crippen LogP contribution in [0.2, 0.25) is 0 Å². The molecule has 0 aliphatic heterocycles. The van der Waals surface area contributed by atoms with Crippen LogP contribution in [0.15, 0.2) is 24.3 Å². The minimum atomic E-state index is -0.758. The van der Waals surface area contributed by atoms with E-state index in [1.165, 1.54) is 11.1 Å². The third-order valence-electron chi connectivity index (χ3n) is 4.12. The Morgan fingerprint density at radius 2 is 2.24 bits per heavy atom. The zero-order valence-electron chi connectivity index (χ0n) is 10.1. The van der Waals surface area contributed by atoms with Gasteiger partial charge in [-0.3, -0.25) is 4.79 Å². The Kier molecular flexibility index (Phi) is 3.20. The van der Waals surface area contributed by atoms with Crippen LogP contribution < -0.4 is 5.73 Å². The number of nitrogens with two attached hydrogens (primary N) is 1. The topological polar surface area (TPSA) is 63.3 Å². The van der Waals surface area contributed by atoms with Crippen molar-refractivity contribution in [3.05, 3.63) is 35.4 Å². The highest BCUT2D eigenvalue weighted by Gasteiger charge is 2.40. The van der Waals surface area contributed by atoms with Crippen molar-refractivity contribution in [2.24, 2.45) is 11.1 Å². The number of carboxylic acid groups (broad SMARTS) is 1. The van der Waals surface area contributed by atoms with Gasteiger partial charge in [-0.1, -0.05) is 31.2 Å². The minimum absolute atomic E-state index is 0.220. The normalized spacial score (nSPS) is 21.2. The van der Waals surface area contributed by atoms with Crippen molar-refractivity contribution in [2.45, 2.75) is 32.1 Å². The van der Waals surface area contributed by atoms with Crippen molar-refractivity contribution >= 4 is 5.97 Å². The molecule has 0 radical (unpaired) electrons. The van der Waals surface area contributed by atoms with Crippen LogP contribution in [0.1, 0.15) is 36.8 Å². The van der Waals surface area contributed by atoms with Gasteiger partial charge in [-0.25, -0.2) is 0 Å². The van der Waals surface area contributed by atoms with Crippen molar-refractivity contribution in [3.8, 4) is 0 Å². The summed E-state index contributed by atoms with van der Waals surface area (Å²) in [4.78, 5) is 11.4. The molecule has 1 aromatic rings. The first-order valence-electron chi connectivity index (χ1n) is 6.14. The van der Waals surface area contributed by atoms with Gasteiger partial charge < -0.3 is 10.8 Å². The molecule has 92 valence electrons. The van der Waals surface area contributed by atoms with E-state index in [1.807, 2.05) is 19.1 Å². The number of benzene rings is 1. The number of aliphatic carboxylic acids is 1. The van der Waals surface area contributed by atoms with Crippen LogP contribution in [0.4, 0.5) is 0 Å². The molecule has 1 aliphatic rings. The van der Waals surface area contributed by atoms with Gasteiger partial charge in [-0.05, 0) is 36.3 Å². The molecule has 17 heavy (non-hydrogen) atoms. The highest BCUT2D eigenvalue weighted by atomic mass is 16.4. The SMILES string of the molecule is CCC(CN)(CC1Cc2ccccc21)C(=O)O. The van der Waals surface area contributed by atoms with E-state index < -0.39 is 11.4 Å². The van der Waals surface area contributed by atoms with E-state index in [1.54, 1.807) is 0 Å². The Morgan fingerprint density at radius 1 is 1.53 bits per heavy atom. The van der Waals surface area contributed by atoms with Crippen LogP contribution in [-0.2, 0) is 11.2 Å². The molecule has 1 aromatic carbocycles. The van der Waals surface area contributed by atoms with Gasteiger partial charge in [-0.15, -0.1) is 0 Å². The standard InChI is InChI=1S/C14H19NO2/c1-2-14(9-15,13(16)17)8-11-7-10-5-3-4-6-12(10)11/h3-6,11H,2,7-9,15H2,1H3,(H,16,17). The van der Waals surface area contributed by atoms with Crippen molar-refractivity contribution in [1.29, 1.82) is 0 Å². The molecule has 2 rings (SSSR count). The van der Waals surface area contributed by atoms with Crippen LogP contribution in [0.5, 0.6) is 0 Å². The minimum Gasteiger partial charge on any atom is -0.481 e. The van der Waals surface area contributed by atoms with Crippen LogP contribution >= 0.6 is 0 Å². The molecule has 0 saturated carbocycles. The molecule has 0 saturated heterocycles. The summed E-state index contributed by atoms with van der Waals surface area (Å²) in [6, 6.07) is 8.26. The number of carboxylic acids is 1. The van der Waals surface area contributed by atoms with E-state index in [4.69, 9.17) is 5.73 Å². The van der Waals surface area contributed by atoms with E-state index in [9.17, 15) is 9.90 Å². The first-order valence-corrected chi connectivity index (χ1v) is 6.14. The average Bonchev–Trinajstić information content (AvgIpc) is 2.31. The van der Waals surface area contributed by atoms with Crippen molar-refractivity contribution < 1.29 is 9.90 Å². The van der Waals surface area contributed by atoms with Crippen LogP contribution in [0, 0.1) is 5.41 Å². The molecule has 3 nitrogen and oxygen atoms in total. The molecule has 2 unspecified atom stereocenters. The summed E-state index contributed by atoms with van der Waals surface area (Å²) >= 11 is 0. The number of hydrogen-bond acceptors (Lipinski definition) is 2. The Morgan fingerprint density at radius 3 is 2.76 bits per heavy atom. The van der Waals surface area contributed by atoms with Crippen LogP contribution in [-0.4, -0.2) is 17.6 Å². The van der Waals surface area contributed by atoms with Gasteiger partial charge in [0, 0.05) is 6.54 Å². The Bertz CT molecular complexity index is 424. The van der Waals surface area contributed by atoms with Crippen LogP contribution in [0.3, 0.4) is 0 Å². The number of hydrogen-bond donors (Lipinski definition) is 2. The summed E-state index contributed by atoms with van der Waals surface area (Å²) in [5.41, 5.74) is 7.59. The lowest BCUT2D eigenvalue weighted by molar-refractivity contribution is -0.149. The van der Waals surface area contributed by atoms with Gasteiger partial charge in [0.05, 0.1) is 5.41 Å².